The lowest BCUT2D eigenvalue weighted by atomic mass is 9.93. The minimum Gasteiger partial charge on any atom is -0.497 e. The van der Waals surface area contributed by atoms with Crippen molar-refractivity contribution in [1.82, 2.24) is 20.1 Å². The fourth-order valence-corrected chi connectivity index (χ4v) is 4.37. The van der Waals surface area contributed by atoms with Gasteiger partial charge in [0, 0.05) is 42.6 Å². The van der Waals surface area contributed by atoms with Crippen molar-refractivity contribution in [3.63, 3.8) is 0 Å². The Bertz CT molecular complexity index is 1240. The maximum atomic E-state index is 12.8. The zero-order chi connectivity index (χ0) is 23.7. The largest absolute Gasteiger partial charge is 0.497 e. The summed E-state index contributed by atoms with van der Waals surface area (Å²) >= 11 is 0. The fraction of sp³-hybridized carbons (Fsp3) is 0.400. The van der Waals surface area contributed by atoms with Crippen molar-refractivity contribution in [2.75, 3.05) is 13.2 Å². The van der Waals surface area contributed by atoms with E-state index in [1.807, 2.05) is 43.8 Å². The standard InChI is InChI=1S/C25H28N4O5/c1-4-17(31-5-2)11-27-24(30)23-15(3)21-19(34-23)9-8-16-12-29(28-22(16)21)13-18-14-32-25-20(33-18)7-6-10-26-25/h6-7,10-12,18H,4-5,8-9,13-14H2,1-3H3,(H,27,30)/b17-11-. The first kappa shape index (κ1) is 22.1. The second kappa shape index (κ2) is 9.24. The summed E-state index contributed by atoms with van der Waals surface area (Å²) in [6, 6.07) is 3.67. The summed E-state index contributed by atoms with van der Waals surface area (Å²) in [5.74, 6) is 2.69. The number of nitrogens with zero attached hydrogens (tertiary/aromatic N) is 3. The molecule has 2 aliphatic rings. The number of aromatic nitrogens is 3. The summed E-state index contributed by atoms with van der Waals surface area (Å²) in [4.78, 5) is 17.0. The number of hydrogen-bond acceptors (Lipinski definition) is 7. The monoisotopic (exact) mass is 464 g/mol. The summed E-state index contributed by atoms with van der Waals surface area (Å²) in [5.41, 5.74) is 3.69. The molecule has 9 heteroatoms. The van der Waals surface area contributed by atoms with Crippen LogP contribution in [-0.2, 0) is 24.1 Å². The molecular weight excluding hydrogens is 436 g/mol. The number of hydrogen-bond donors (Lipinski definition) is 1. The van der Waals surface area contributed by atoms with Crippen molar-refractivity contribution in [3.05, 3.63) is 59.1 Å². The van der Waals surface area contributed by atoms with Crippen LogP contribution in [0.2, 0.25) is 0 Å². The average Bonchev–Trinajstić information content (AvgIpc) is 3.41. The molecule has 4 heterocycles. The summed E-state index contributed by atoms with van der Waals surface area (Å²) in [7, 11) is 0. The Morgan fingerprint density at radius 2 is 2.24 bits per heavy atom. The molecule has 1 N–H and O–H groups in total. The highest BCUT2D eigenvalue weighted by Gasteiger charge is 2.30. The molecule has 0 saturated carbocycles. The van der Waals surface area contributed by atoms with E-state index >= 15 is 0 Å². The predicted molar refractivity (Wildman–Crippen MR) is 124 cm³/mol. The van der Waals surface area contributed by atoms with Gasteiger partial charge in [-0.1, -0.05) is 6.92 Å². The van der Waals surface area contributed by atoms with Crippen molar-refractivity contribution in [1.29, 1.82) is 0 Å². The van der Waals surface area contributed by atoms with Crippen LogP contribution in [0.5, 0.6) is 11.6 Å². The molecule has 1 aliphatic carbocycles. The van der Waals surface area contributed by atoms with Gasteiger partial charge in [-0.3, -0.25) is 9.48 Å². The molecule has 1 aliphatic heterocycles. The number of fused-ring (bicyclic) bond motifs is 4. The molecule has 0 saturated heterocycles. The van der Waals surface area contributed by atoms with Crippen LogP contribution in [0.3, 0.4) is 0 Å². The molecule has 0 spiro atoms. The van der Waals surface area contributed by atoms with Gasteiger partial charge in [-0.25, -0.2) is 4.98 Å². The number of furan rings is 1. The van der Waals surface area contributed by atoms with E-state index in [1.54, 1.807) is 12.4 Å². The highest BCUT2D eigenvalue weighted by molar-refractivity contribution is 5.96. The second-order valence-corrected chi connectivity index (χ2v) is 8.31. The van der Waals surface area contributed by atoms with Gasteiger partial charge in [-0.15, -0.1) is 0 Å². The van der Waals surface area contributed by atoms with Gasteiger partial charge < -0.3 is 23.9 Å². The Kier molecular flexibility index (Phi) is 6.00. The molecule has 0 bridgehead atoms. The van der Waals surface area contributed by atoms with Crippen molar-refractivity contribution in [2.24, 2.45) is 0 Å². The minimum absolute atomic E-state index is 0.172. The summed E-state index contributed by atoms with van der Waals surface area (Å²) in [5, 5.41) is 7.62. The van der Waals surface area contributed by atoms with Gasteiger partial charge >= 0.3 is 0 Å². The third-order valence-electron chi connectivity index (χ3n) is 5.99. The number of carbonyl (C=O) groups excluding carboxylic acids is 1. The topological polar surface area (TPSA) is 101 Å². The summed E-state index contributed by atoms with van der Waals surface area (Å²) in [6.45, 7) is 7.29. The van der Waals surface area contributed by atoms with Crippen LogP contribution in [0.15, 0.2) is 40.9 Å². The van der Waals surface area contributed by atoms with E-state index in [2.05, 4.69) is 10.3 Å². The Morgan fingerprint density at radius 3 is 3.06 bits per heavy atom. The van der Waals surface area contributed by atoms with E-state index < -0.39 is 0 Å². The van der Waals surface area contributed by atoms with Crippen LogP contribution in [0, 0.1) is 6.92 Å². The van der Waals surface area contributed by atoms with Gasteiger partial charge in [-0.2, -0.15) is 5.10 Å². The van der Waals surface area contributed by atoms with Crippen molar-refractivity contribution in [3.8, 4) is 22.9 Å². The van der Waals surface area contributed by atoms with Gasteiger partial charge in [0.15, 0.2) is 17.6 Å². The number of aryl methyl sites for hydroxylation is 2. The molecule has 34 heavy (non-hydrogen) atoms. The first-order valence-corrected chi connectivity index (χ1v) is 11.6. The molecule has 1 atom stereocenters. The molecular formula is C25H28N4O5. The molecule has 9 nitrogen and oxygen atoms in total. The first-order valence-electron chi connectivity index (χ1n) is 11.6. The van der Waals surface area contributed by atoms with E-state index in [1.165, 1.54) is 0 Å². The van der Waals surface area contributed by atoms with Gasteiger partial charge in [-0.05, 0) is 38.0 Å². The molecule has 3 aromatic heterocycles. The number of allylic oxidation sites excluding steroid dienone is 1. The summed E-state index contributed by atoms with van der Waals surface area (Å²) < 4.78 is 25.1. The molecule has 178 valence electrons. The molecule has 0 radical (unpaired) electrons. The average molecular weight is 465 g/mol. The molecule has 1 unspecified atom stereocenters. The normalized spacial score (nSPS) is 16.6. The Labute approximate surface area is 197 Å². The SMILES string of the molecule is CCO/C(=C\NC(=O)c1oc2c(c1C)-c1nn(CC3COc4ncccc4O3)cc1CC2)CC. The summed E-state index contributed by atoms with van der Waals surface area (Å²) in [6.07, 6.45) is 7.38. The van der Waals surface area contributed by atoms with Gasteiger partial charge in [0.25, 0.3) is 11.8 Å². The molecule has 3 aromatic rings. The van der Waals surface area contributed by atoms with Crippen LogP contribution in [0.25, 0.3) is 11.3 Å². The number of ether oxygens (including phenoxy) is 3. The van der Waals surface area contributed by atoms with E-state index in [0.717, 1.165) is 46.7 Å². The van der Waals surface area contributed by atoms with Crippen LogP contribution < -0.4 is 14.8 Å². The van der Waals surface area contributed by atoms with E-state index in [4.69, 9.17) is 23.7 Å². The van der Waals surface area contributed by atoms with Crippen LogP contribution >= 0.6 is 0 Å². The van der Waals surface area contributed by atoms with Gasteiger partial charge in [0.2, 0.25) is 0 Å². The minimum atomic E-state index is -0.293. The smallest absolute Gasteiger partial charge is 0.291 e. The van der Waals surface area contributed by atoms with Crippen molar-refractivity contribution < 1.29 is 23.4 Å². The predicted octanol–water partition coefficient (Wildman–Crippen LogP) is 3.80. The van der Waals surface area contributed by atoms with Crippen molar-refractivity contribution in [2.45, 2.75) is 52.7 Å². The number of amides is 1. The maximum absolute atomic E-state index is 12.8. The first-order chi connectivity index (χ1) is 16.6. The number of nitrogens with one attached hydrogen (secondary N) is 1. The Morgan fingerprint density at radius 1 is 1.35 bits per heavy atom. The Balaban J connectivity index is 1.35. The fourth-order valence-electron chi connectivity index (χ4n) is 4.37. The Hall–Kier alpha value is -3.75. The van der Waals surface area contributed by atoms with Crippen LogP contribution in [0.1, 0.15) is 47.7 Å². The molecule has 5 rings (SSSR count). The van der Waals surface area contributed by atoms with E-state index in [0.29, 0.717) is 43.6 Å². The highest BCUT2D eigenvalue weighted by atomic mass is 16.6. The third kappa shape index (κ3) is 4.13. The number of carbonyl (C=O) groups is 1. The highest BCUT2D eigenvalue weighted by Crippen LogP contribution is 2.38. The van der Waals surface area contributed by atoms with Crippen molar-refractivity contribution >= 4 is 5.91 Å². The molecule has 0 fully saturated rings. The van der Waals surface area contributed by atoms with E-state index in [-0.39, 0.29) is 12.0 Å². The van der Waals surface area contributed by atoms with Crippen LogP contribution in [0.4, 0.5) is 0 Å². The van der Waals surface area contributed by atoms with Crippen LogP contribution in [-0.4, -0.2) is 40.0 Å². The number of rotatable bonds is 7. The zero-order valence-electron chi connectivity index (χ0n) is 19.6. The third-order valence-corrected chi connectivity index (χ3v) is 5.99. The lowest BCUT2D eigenvalue weighted by molar-refractivity contribution is 0.0716. The zero-order valence-corrected chi connectivity index (χ0v) is 19.6. The number of pyridine rings is 1. The van der Waals surface area contributed by atoms with Gasteiger partial charge in [0.05, 0.1) is 18.8 Å². The molecule has 0 aromatic carbocycles. The second-order valence-electron chi connectivity index (χ2n) is 8.31. The lowest BCUT2D eigenvalue weighted by Crippen LogP contribution is -2.33. The quantitative estimate of drug-likeness (QED) is 0.531. The molecule has 1 amide bonds. The van der Waals surface area contributed by atoms with E-state index in [9.17, 15) is 4.79 Å². The van der Waals surface area contributed by atoms with Gasteiger partial charge in [0.1, 0.15) is 18.1 Å². The maximum Gasteiger partial charge on any atom is 0.291 e. The lowest BCUT2D eigenvalue weighted by Gasteiger charge is -2.25.